The van der Waals surface area contributed by atoms with Crippen LogP contribution in [0.25, 0.3) is 0 Å². The lowest BCUT2D eigenvalue weighted by molar-refractivity contribution is -0.126. The Morgan fingerprint density at radius 3 is 2.66 bits per heavy atom. The van der Waals surface area contributed by atoms with Crippen LogP contribution in [0.2, 0.25) is 0 Å². The van der Waals surface area contributed by atoms with E-state index in [4.69, 9.17) is 9.47 Å². The minimum atomic E-state index is -0.713. The van der Waals surface area contributed by atoms with Gasteiger partial charge < -0.3 is 25.4 Å². The van der Waals surface area contributed by atoms with E-state index in [2.05, 4.69) is 16.0 Å². The number of amides is 3. The summed E-state index contributed by atoms with van der Waals surface area (Å²) in [6.45, 7) is 2.82. The Bertz CT molecular complexity index is 1070. The van der Waals surface area contributed by atoms with Crippen molar-refractivity contribution >= 4 is 46.8 Å². The van der Waals surface area contributed by atoms with Gasteiger partial charge in [-0.1, -0.05) is 6.07 Å². The van der Waals surface area contributed by atoms with Crippen molar-refractivity contribution in [2.75, 3.05) is 30.9 Å². The van der Waals surface area contributed by atoms with E-state index < -0.39 is 24.4 Å². The zero-order valence-electron chi connectivity index (χ0n) is 17.8. The molecule has 0 aliphatic carbocycles. The molecule has 0 radical (unpaired) electrons. The Kier molecular flexibility index (Phi) is 7.37. The summed E-state index contributed by atoms with van der Waals surface area (Å²) in [6.07, 6.45) is 0. The fourth-order valence-electron chi connectivity index (χ4n) is 2.89. The highest BCUT2D eigenvalue weighted by Crippen LogP contribution is 2.36. The number of esters is 1. The smallest absolute Gasteiger partial charge is 0.338 e. The summed E-state index contributed by atoms with van der Waals surface area (Å²) in [4.78, 5) is 49.0. The molecule has 0 saturated heterocycles. The van der Waals surface area contributed by atoms with Crippen LogP contribution in [-0.4, -0.2) is 49.2 Å². The van der Waals surface area contributed by atoms with Crippen molar-refractivity contribution in [2.24, 2.45) is 0 Å². The third-order valence-corrected chi connectivity index (χ3v) is 5.73. The molecular formula is C22H23N3O6S. The number of nitrogens with one attached hydrogen (secondary N) is 3. The summed E-state index contributed by atoms with van der Waals surface area (Å²) in [7, 11) is 1.49. The number of benzene rings is 2. The van der Waals surface area contributed by atoms with E-state index >= 15 is 0 Å². The van der Waals surface area contributed by atoms with Crippen LogP contribution in [0.1, 0.15) is 22.8 Å². The van der Waals surface area contributed by atoms with E-state index in [0.717, 1.165) is 10.5 Å². The molecule has 1 aliphatic heterocycles. The van der Waals surface area contributed by atoms with Gasteiger partial charge in [-0.25, -0.2) is 4.79 Å². The van der Waals surface area contributed by atoms with Gasteiger partial charge in [0, 0.05) is 4.90 Å². The maximum atomic E-state index is 12.2. The standard InChI is InChI=1S/C22H23N3O6S/c1-12-4-6-17(30-3)15(8-12)24-19(26)10-23-20(27)11-31-22(29)14-5-7-18-16(9-14)25-21(28)13(2)32-18/h4-9,13H,10-11H2,1-3H3,(H,23,27)(H,24,26)(H,25,28). The lowest BCUT2D eigenvalue weighted by atomic mass is 10.2. The molecule has 1 aliphatic rings. The Morgan fingerprint density at radius 2 is 1.91 bits per heavy atom. The number of hydrogen-bond donors (Lipinski definition) is 3. The molecule has 3 rings (SSSR count). The lowest BCUT2D eigenvalue weighted by Crippen LogP contribution is -2.35. The molecule has 0 spiro atoms. The first-order valence-corrected chi connectivity index (χ1v) is 10.6. The second-order valence-electron chi connectivity index (χ2n) is 7.07. The molecule has 2 aromatic rings. The topological polar surface area (TPSA) is 123 Å². The van der Waals surface area contributed by atoms with Crippen LogP contribution in [0, 0.1) is 6.92 Å². The van der Waals surface area contributed by atoms with Crippen molar-refractivity contribution in [3.63, 3.8) is 0 Å². The number of aryl methyl sites for hydroxylation is 1. The van der Waals surface area contributed by atoms with Gasteiger partial charge in [0.05, 0.1) is 35.8 Å². The van der Waals surface area contributed by atoms with Crippen molar-refractivity contribution in [1.29, 1.82) is 0 Å². The maximum Gasteiger partial charge on any atom is 0.338 e. The van der Waals surface area contributed by atoms with Crippen LogP contribution in [0.4, 0.5) is 11.4 Å². The number of ether oxygens (including phenoxy) is 2. The van der Waals surface area contributed by atoms with Gasteiger partial charge in [-0.05, 0) is 49.7 Å². The Hall–Kier alpha value is -3.53. The molecular weight excluding hydrogens is 434 g/mol. The Labute approximate surface area is 189 Å². The van der Waals surface area contributed by atoms with Gasteiger partial charge in [0.25, 0.3) is 5.91 Å². The van der Waals surface area contributed by atoms with Gasteiger partial charge in [-0.3, -0.25) is 14.4 Å². The molecule has 3 amide bonds. The number of hydrogen-bond acceptors (Lipinski definition) is 7. The highest BCUT2D eigenvalue weighted by atomic mass is 32.2. The molecule has 0 aromatic heterocycles. The number of fused-ring (bicyclic) bond motifs is 1. The Morgan fingerprint density at radius 1 is 1.12 bits per heavy atom. The first-order chi connectivity index (χ1) is 15.3. The molecule has 1 heterocycles. The predicted molar refractivity (Wildman–Crippen MR) is 120 cm³/mol. The monoisotopic (exact) mass is 457 g/mol. The summed E-state index contributed by atoms with van der Waals surface area (Å²) < 4.78 is 10.2. The summed E-state index contributed by atoms with van der Waals surface area (Å²) in [6, 6.07) is 10.1. The SMILES string of the molecule is COc1ccc(C)cc1NC(=O)CNC(=O)COC(=O)c1ccc2c(c1)NC(=O)C(C)S2. The lowest BCUT2D eigenvalue weighted by Gasteiger charge is -2.21. The number of rotatable bonds is 7. The van der Waals surface area contributed by atoms with Gasteiger partial charge in [0.2, 0.25) is 11.8 Å². The van der Waals surface area contributed by atoms with Crippen LogP contribution in [0.15, 0.2) is 41.3 Å². The minimum Gasteiger partial charge on any atom is -0.495 e. The van der Waals surface area contributed by atoms with E-state index in [9.17, 15) is 19.2 Å². The third kappa shape index (κ3) is 5.79. The Balaban J connectivity index is 1.47. The number of thioether (sulfide) groups is 1. The zero-order valence-corrected chi connectivity index (χ0v) is 18.6. The van der Waals surface area contributed by atoms with Crippen molar-refractivity contribution in [1.82, 2.24) is 5.32 Å². The van der Waals surface area contributed by atoms with E-state index in [1.807, 2.05) is 13.0 Å². The predicted octanol–water partition coefficient (Wildman–Crippen LogP) is 2.35. The minimum absolute atomic E-state index is 0.144. The van der Waals surface area contributed by atoms with Crippen LogP contribution in [-0.2, 0) is 19.1 Å². The van der Waals surface area contributed by atoms with Gasteiger partial charge in [-0.2, -0.15) is 0 Å². The molecule has 0 saturated carbocycles. The number of carbonyl (C=O) groups is 4. The molecule has 0 fully saturated rings. The van der Waals surface area contributed by atoms with Crippen LogP contribution >= 0.6 is 11.8 Å². The first kappa shape index (κ1) is 23.1. The molecule has 0 bridgehead atoms. The molecule has 1 atom stereocenters. The average molecular weight is 458 g/mol. The highest BCUT2D eigenvalue weighted by molar-refractivity contribution is 8.00. The molecule has 9 nitrogen and oxygen atoms in total. The van der Waals surface area contributed by atoms with E-state index in [-0.39, 0.29) is 23.3 Å². The number of anilines is 2. The fraction of sp³-hybridized carbons (Fsp3) is 0.273. The summed E-state index contributed by atoms with van der Waals surface area (Å²) in [5.41, 5.74) is 2.16. The van der Waals surface area contributed by atoms with E-state index in [1.165, 1.54) is 24.9 Å². The normalized spacial score (nSPS) is 14.6. The summed E-state index contributed by atoms with van der Waals surface area (Å²) in [5.74, 6) is -1.44. The fourth-order valence-corrected chi connectivity index (χ4v) is 3.82. The second-order valence-corrected chi connectivity index (χ2v) is 8.45. The van der Waals surface area contributed by atoms with Crippen LogP contribution < -0.4 is 20.7 Å². The summed E-state index contributed by atoms with van der Waals surface area (Å²) >= 11 is 1.40. The molecule has 32 heavy (non-hydrogen) atoms. The van der Waals surface area contributed by atoms with Crippen molar-refractivity contribution in [3.8, 4) is 5.75 Å². The average Bonchev–Trinajstić information content (AvgIpc) is 2.76. The summed E-state index contributed by atoms with van der Waals surface area (Å²) in [5, 5.41) is 7.57. The van der Waals surface area contributed by atoms with E-state index in [0.29, 0.717) is 17.1 Å². The maximum absolute atomic E-state index is 12.2. The van der Waals surface area contributed by atoms with Gasteiger partial charge in [0.15, 0.2) is 6.61 Å². The molecule has 1 unspecified atom stereocenters. The largest absolute Gasteiger partial charge is 0.495 e. The van der Waals surface area contributed by atoms with Crippen LogP contribution in [0.3, 0.4) is 0 Å². The molecule has 2 aromatic carbocycles. The van der Waals surface area contributed by atoms with Gasteiger partial charge >= 0.3 is 5.97 Å². The van der Waals surface area contributed by atoms with E-state index in [1.54, 1.807) is 31.2 Å². The highest BCUT2D eigenvalue weighted by Gasteiger charge is 2.24. The van der Waals surface area contributed by atoms with Crippen LogP contribution in [0.5, 0.6) is 5.75 Å². The van der Waals surface area contributed by atoms with Crippen molar-refractivity contribution < 1.29 is 28.7 Å². The van der Waals surface area contributed by atoms with Crippen molar-refractivity contribution in [2.45, 2.75) is 24.0 Å². The van der Waals surface area contributed by atoms with Gasteiger partial charge in [-0.15, -0.1) is 11.8 Å². The van der Waals surface area contributed by atoms with Gasteiger partial charge in [0.1, 0.15) is 5.75 Å². The quantitative estimate of drug-likeness (QED) is 0.546. The number of methoxy groups -OCH3 is 1. The second kappa shape index (κ2) is 10.2. The molecule has 3 N–H and O–H groups in total. The zero-order chi connectivity index (χ0) is 23.3. The third-order valence-electron chi connectivity index (χ3n) is 4.56. The van der Waals surface area contributed by atoms with Crippen molar-refractivity contribution in [3.05, 3.63) is 47.5 Å². The number of carbonyl (C=O) groups excluding carboxylic acids is 4. The first-order valence-electron chi connectivity index (χ1n) is 9.76. The molecule has 168 valence electrons. The molecule has 10 heteroatoms.